The van der Waals surface area contributed by atoms with Gasteiger partial charge in [0.1, 0.15) is 4.21 Å². The van der Waals surface area contributed by atoms with E-state index in [2.05, 4.69) is 0 Å². The molecule has 1 aliphatic heterocycles. The van der Waals surface area contributed by atoms with Crippen LogP contribution in [0.25, 0.3) is 0 Å². The van der Waals surface area contributed by atoms with Crippen LogP contribution < -0.4 is 0 Å². The first-order valence-electron chi connectivity index (χ1n) is 6.87. The monoisotopic (exact) mass is 350 g/mol. The van der Waals surface area contributed by atoms with Gasteiger partial charge >= 0.3 is 0 Å². The van der Waals surface area contributed by atoms with Crippen molar-refractivity contribution in [2.24, 2.45) is 5.92 Å². The lowest BCUT2D eigenvalue weighted by Gasteiger charge is -2.30. The Balaban J connectivity index is 1.93. The molecule has 1 aromatic rings. The quantitative estimate of drug-likeness (QED) is 0.619. The van der Waals surface area contributed by atoms with Gasteiger partial charge in [-0.25, -0.2) is 8.42 Å². The minimum atomic E-state index is -3.68. The minimum absolute atomic E-state index is 0.0228. The van der Waals surface area contributed by atoms with Crippen LogP contribution in [0.1, 0.15) is 32.1 Å². The normalized spacial score (nSPS) is 26.7. The topological polar surface area (TPSA) is 80.5 Å². The molecule has 1 aromatic heterocycles. The maximum absolute atomic E-state index is 12.7. The van der Waals surface area contributed by atoms with Gasteiger partial charge in [-0.2, -0.15) is 4.31 Å². The Morgan fingerprint density at radius 2 is 2.05 bits per heavy atom. The fourth-order valence-electron chi connectivity index (χ4n) is 3.37. The van der Waals surface area contributed by atoms with Gasteiger partial charge in [-0.3, -0.25) is 10.1 Å². The zero-order chi connectivity index (χ0) is 15.2. The molecule has 0 aromatic carbocycles. The van der Waals surface area contributed by atoms with Crippen molar-refractivity contribution in [3.63, 3.8) is 0 Å². The molecule has 2 unspecified atom stereocenters. The Bertz CT molecular complexity index is 673. The number of hydrogen-bond acceptors (Lipinski definition) is 5. The SMILES string of the molecule is O=[N+]([O-])c1cc(S(=O)(=O)N2CCC3CCCCC32)sc1Cl. The predicted molar refractivity (Wildman–Crippen MR) is 80.2 cm³/mol. The number of fused-ring (bicyclic) bond motifs is 1. The number of rotatable bonds is 3. The van der Waals surface area contributed by atoms with Gasteiger partial charge in [-0.1, -0.05) is 24.4 Å². The largest absolute Gasteiger partial charge is 0.300 e. The van der Waals surface area contributed by atoms with Gasteiger partial charge < -0.3 is 0 Å². The van der Waals surface area contributed by atoms with E-state index in [0.29, 0.717) is 12.5 Å². The molecule has 2 aliphatic rings. The van der Waals surface area contributed by atoms with Crippen LogP contribution in [0.3, 0.4) is 0 Å². The molecule has 1 saturated heterocycles. The Kier molecular flexibility index (Phi) is 3.98. The number of halogens is 1. The van der Waals surface area contributed by atoms with Crippen molar-refractivity contribution in [2.45, 2.75) is 42.4 Å². The summed E-state index contributed by atoms with van der Waals surface area (Å²) in [6.45, 7) is 0.501. The number of thiophene rings is 1. The van der Waals surface area contributed by atoms with Crippen molar-refractivity contribution in [3.8, 4) is 0 Å². The molecule has 3 rings (SSSR count). The molecule has 116 valence electrons. The number of nitrogens with zero attached hydrogens (tertiary/aromatic N) is 2. The van der Waals surface area contributed by atoms with Gasteiger partial charge in [0, 0.05) is 18.7 Å². The van der Waals surface area contributed by atoms with Crippen molar-refractivity contribution in [2.75, 3.05) is 6.54 Å². The fraction of sp³-hybridized carbons (Fsp3) is 0.667. The first kappa shape index (κ1) is 15.2. The second kappa shape index (κ2) is 5.49. The van der Waals surface area contributed by atoms with Crippen molar-refractivity contribution in [1.82, 2.24) is 4.31 Å². The molecule has 21 heavy (non-hydrogen) atoms. The molecule has 6 nitrogen and oxygen atoms in total. The maximum atomic E-state index is 12.7. The lowest BCUT2D eigenvalue weighted by molar-refractivity contribution is -0.384. The molecule has 1 saturated carbocycles. The molecule has 0 amide bonds. The molecule has 0 bridgehead atoms. The molecule has 2 atom stereocenters. The van der Waals surface area contributed by atoms with Gasteiger partial charge in [0.25, 0.3) is 15.7 Å². The summed E-state index contributed by atoms with van der Waals surface area (Å²) in [5.74, 6) is 0.430. The molecule has 0 radical (unpaired) electrons. The highest BCUT2D eigenvalue weighted by atomic mass is 35.5. The summed E-state index contributed by atoms with van der Waals surface area (Å²) in [5, 5.41) is 10.8. The van der Waals surface area contributed by atoms with Gasteiger partial charge in [0.15, 0.2) is 4.34 Å². The van der Waals surface area contributed by atoms with Crippen molar-refractivity contribution in [3.05, 3.63) is 20.5 Å². The first-order chi connectivity index (χ1) is 9.91. The van der Waals surface area contributed by atoms with E-state index in [4.69, 9.17) is 11.6 Å². The van der Waals surface area contributed by atoms with Gasteiger partial charge in [-0.15, -0.1) is 11.3 Å². The third kappa shape index (κ3) is 2.58. The van der Waals surface area contributed by atoms with E-state index in [1.165, 1.54) is 4.31 Å². The Labute approximate surface area is 131 Å². The third-order valence-corrected chi connectivity index (χ3v) is 8.08. The zero-order valence-electron chi connectivity index (χ0n) is 11.2. The van der Waals surface area contributed by atoms with E-state index in [9.17, 15) is 18.5 Å². The van der Waals surface area contributed by atoms with Crippen LogP contribution in [0.5, 0.6) is 0 Å². The summed E-state index contributed by atoms with van der Waals surface area (Å²) in [6.07, 6.45) is 5.03. The fourth-order valence-corrected chi connectivity index (χ4v) is 6.89. The summed E-state index contributed by atoms with van der Waals surface area (Å²) in [7, 11) is -3.68. The van der Waals surface area contributed by atoms with Crippen molar-refractivity contribution >= 4 is 38.6 Å². The van der Waals surface area contributed by atoms with Gasteiger partial charge in [0.2, 0.25) is 0 Å². The highest BCUT2D eigenvalue weighted by Gasteiger charge is 2.43. The average molecular weight is 351 g/mol. The van der Waals surface area contributed by atoms with E-state index < -0.39 is 14.9 Å². The van der Waals surface area contributed by atoms with Crippen LogP contribution in [0.4, 0.5) is 5.69 Å². The lowest BCUT2D eigenvalue weighted by atomic mass is 9.86. The van der Waals surface area contributed by atoms with E-state index in [-0.39, 0.29) is 20.3 Å². The molecular formula is C12H15ClN2O4S2. The van der Waals surface area contributed by atoms with E-state index in [1.807, 2.05) is 0 Å². The summed E-state index contributed by atoms with van der Waals surface area (Å²) < 4.78 is 26.9. The van der Waals surface area contributed by atoms with Gasteiger partial charge in [-0.05, 0) is 25.2 Å². The highest BCUT2D eigenvalue weighted by molar-refractivity contribution is 7.91. The van der Waals surface area contributed by atoms with Crippen LogP contribution >= 0.6 is 22.9 Å². The van der Waals surface area contributed by atoms with Crippen molar-refractivity contribution < 1.29 is 13.3 Å². The van der Waals surface area contributed by atoms with Crippen LogP contribution in [0, 0.1) is 16.0 Å². The maximum Gasteiger partial charge on any atom is 0.300 e. The number of sulfonamides is 1. The second-order valence-corrected chi connectivity index (χ2v) is 9.27. The minimum Gasteiger partial charge on any atom is -0.258 e. The Morgan fingerprint density at radius 1 is 1.33 bits per heavy atom. The average Bonchev–Trinajstić information content (AvgIpc) is 3.02. The Morgan fingerprint density at radius 3 is 2.71 bits per heavy atom. The molecule has 0 N–H and O–H groups in total. The number of nitro groups is 1. The molecule has 0 spiro atoms. The Hall–Kier alpha value is -0.700. The van der Waals surface area contributed by atoms with Crippen LogP contribution in [0.15, 0.2) is 10.3 Å². The zero-order valence-corrected chi connectivity index (χ0v) is 13.6. The smallest absolute Gasteiger partial charge is 0.258 e. The van der Waals surface area contributed by atoms with Crippen LogP contribution in [-0.4, -0.2) is 30.2 Å². The van der Waals surface area contributed by atoms with E-state index >= 15 is 0 Å². The predicted octanol–water partition coefficient (Wildman–Crippen LogP) is 3.26. The number of hydrogen-bond donors (Lipinski definition) is 0. The first-order valence-corrected chi connectivity index (χ1v) is 9.50. The van der Waals surface area contributed by atoms with E-state index in [0.717, 1.165) is 49.5 Å². The standard InChI is InChI=1S/C12H15ClN2O4S2/c13-12-10(15(16)17)7-11(20-12)21(18,19)14-6-5-8-3-1-2-4-9(8)14/h7-9H,1-6H2. The molecule has 9 heteroatoms. The van der Waals surface area contributed by atoms with Crippen LogP contribution in [0.2, 0.25) is 4.34 Å². The van der Waals surface area contributed by atoms with Crippen LogP contribution in [-0.2, 0) is 10.0 Å². The molecular weight excluding hydrogens is 336 g/mol. The van der Waals surface area contributed by atoms with Crippen molar-refractivity contribution in [1.29, 1.82) is 0 Å². The summed E-state index contributed by atoms with van der Waals surface area (Å²) in [4.78, 5) is 10.2. The second-order valence-electron chi connectivity index (χ2n) is 5.50. The molecule has 1 aliphatic carbocycles. The summed E-state index contributed by atoms with van der Waals surface area (Å²) in [6, 6.07) is 1.13. The highest BCUT2D eigenvalue weighted by Crippen LogP contribution is 2.42. The lowest BCUT2D eigenvalue weighted by Crippen LogP contribution is -2.38. The van der Waals surface area contributed by atoms with Gasteiger partial charge in [0.05, 0.1) is 4.92 Å². The van der Waals surface area contributed by atoms with E-state index in [1.54, 1.807) is 0 Å². The summed E-state index contributed by atoms with van der Waals surface area (Å²) >= 11 is 6.55. The molecule has 2 fully saturated rings. The summed E-state index contributed by atoms with van der Waals surface area (Å²) in [5.41, 5.74) is -0.334. The molecule has 2 heterocycles. The third-order valence-electron chi connectivity index (χ3n) is 4.36.